The first-order valence-corrected chi connectivity index (χ1v) is 11.6. The molecule has 0 radical (unpaired) electrons. The number of allylic oxidation sites excluding steroid dienone is 8. The van der Waals surface area contributed by atoms with Crippen LogP contribution in [-0.2, 0) is 28.5 Å². The van der Waals surface area contributed by atoms with E-state index in [1.165, 1.54) is 24.6 Å². The van der Waals surface area contributed by atoms with Crippen molar-refractivity contribution in [3.05, 3.63) is 60.3 Å². The molecule has 33 heavy (non-hydrogen) atoms. The Labute approximate surface area is 197 Å². The van der Waals surface area contributed by atoms with E-state index in [2.05, 4.69) is 26.8 Å². The second-order valence-electron chi connectivity index (χ2n) is 9.45. The number of rotatable bonds is 10. The molecule has 0 amide bonds. The maximum atomic E-state index is 12.4. The van der Waals surface area contributed by atoms with Crippen LogP contribution in [0.1, 0.15) is 47.0 Å². The first-order chi connectivity index (χ1) is 15.7. The summed E-state index contributed by atoms with van der Waals surface area (Å²) < 4.78 is 23.8. The van der Waals surface area contributed by atoms with Crippen molar-refractivity contribution in [3.8, 4) is 0 Å². The van der Waals surface area contributed by atoms with Gasteiger partial charge in [0.05, 0.1) is 18.6 Å². The van der Waals surface area contributed by atoms with Crippen molar-refractivity contribution < 1.29 is 28.5 Å². The van der Waals surface area contributed by atoms with Crippen molar-refractivity contribution in [2.75, 3.05) is 13.7 Å². The fraction of sp³-hybridized carbons (Fsp3) is 0.556. The first kappa shape index (κ1) is 25.3. The van der Waals surface area contributed by atoms with Crippen molar-refractivity contribution in [1.82, 2.24) is 0 Å². The molecule has 2 saturated heterocycles. The van der Waals surface area contributed by atoms with E-state index in [1.807, 2.05) is 0 Å². The Balaban J connectivity index is 1.59. The molecule has 2 heterocycles. The summed E-state index contributed by atoms with van der Waals surface area (Å²) in [6.45, 7) is 8.50. The number of hydrogen-bond donors (Lipinski definition) is 0. The van der Waals surface area contributed by atoms with Crippen LogP contribution in [0.4, 0.5) is 0 Å². The van der Waals surface area contributed by atoms with Gasteiger partial charge in [0.1, 0.15) is 23.4 Å². The van der Waals surface area contributed by atoms with Gasteiger partial charge in [-0.1, -0.05) is 48.1 Å². The molecule has 6 nitrogen and oxygen atoms in total. The van der Waals surface area contributed by atoms with Gasteiger partial charge in [0.2, 0.25) is 0 Å². The molecule has 3 aliphatic rings. The molecule has 2 aliphatic heterocycles. The van der Waals surface area contributed by atoms with Gasteiger partial charge in [0.15, 0.2) is 5.78 Å². The summed E-state index contributed by atoms with van der Waals surface area (Å²) in [5.41, 5.74) is 0.684. The number of ether oxygens (including phenoxy) is 4. The van der Waals surface area contributed by atoms with Crippen LogP contribution in [0.15, 0.2) is 60.3 Å². The predicted octanol–water partition coefficient (Wildman–Crippen LogP) is 4.42. The monoisotopic (exact) mass is 456 g/mol. The van der Waals surface area contributed by atoms with E-state index in [-0.39, 0.29) is 41.2 Å². The Bertz CT molecular complexity index is 871. The Morgan fingerprint density at radius 2 is 1.67 bits per heavy atom. The molecule has 0 aromatic carbocycles. The minimum atomic E-state index is -0.401. The van der Waals surface area contributed by atoms with Crippen LogP contribution < -0.4 is 0 Å². The molecule has 0 N–H and O–H groups in total. The SMILES string of the molecule is COC1C(OC(=O)/C=C/C=C/C=C/C=C/C(C)=O)CCC2(CO2)C1C1(C)OC1CC=C(C)C. The maximum absolute atomic E-state index is 12.4. The summed E-state index contributed by atoms with van der Waals surface area (Å²) >= 11 is 0. The van der Waals surface area contributed by atoms with E-state index < -0.39 is 5.97 Å². The molecule has 6 unspecified atom stereocenters. The number of hydrogen-bond acceptors (Lipinski definition) is 6. The van der Waals surface area contributed by atoms with Gasteiger partial charge in [-0.25, -0.2) is 4.79 Å². The standard InChI is InChI=1S/C27H36O6/c1-19(2)14-15-22-26(4,33-22)25-24(30-5)21(16-17-27(25)18-31-27)32-23(29)13-11-9-7-6-8-10-12-20(3)28/h6-14,21-22,24-25H,15-18H2,1-5H3/b8-6+,9-7+,12-10+,13-11+. The summed E-state index contributed by atoms with van der Waals surface area (Å²) in [7, 11) is 1.67. The second kappa shape index (κ2) is 10.8. The van der Waals surface area contributed by atoms with Gasteiger partial charge < -0.3 is 18.9 Å². The van der Waals surface area contributed by atoms with Gasteiger partial charge in [0.25, 0.3) is 0 Å². The first-order valence-electron chi connectivity index (χ1n) is 11.6. The quantitative estimate of drug-likeness (QED) is 0.159. The van der Waals surface area contributed by atoms with Crippen LogP contribution in [0.3, 0.4) is 0 Å². The van der Waals surface area contributed by atoms with E-state index in [0.717, 1.165) is 12.8 Å². The number of esters is 1. The van der Waals surface area contributed by atoms with Crippen molar-refractivity contribution in [2.45, 2.75) is 76.5 Å². The van der Waals surface area contributed by atoms with Gasteiger partial charge in [-0.2, -0.15) is 0 Å². The fourth-order valence-corrected chi connectivity index (χ4v) is 4.84. The molecular formula is C27H36O6. The lowest BCUT2D eigenvalue weighted by atomic mass is 9.68. The van der Waals surface area contributed by atoms with Crippen LogP contribution in [0.2, 0.25) is 0 Å². The average Bonchev–Trinajstić information content (AvgIpc) is 3.67. The lowest BCUT2D eigenvalue weighted by Crippen LogP contribution is -2.55. The zero-order chi connectivity index (χ0) is 24.1. The number of carbonyl (C=O) groups excluding carboxylic acids is 2. The van der Waals surface area contributed by atoms with Gasteiger partial charge in [-0.05, 0) is 53.0 Å². The van der Waals surface area contributed by atoms with Gasteiger partial charge in [-0.15, -0.1) is 0 Å². The summed E-state index contributed by atoms with van der Waals surface area (Å²) in [4.78, 5) is 23.3. The molecule has 180 valence electrons. The second-order valence-corrected chi connectivity index (χ2v) is 9.45. The third-order valence-electron chi connectivity index (χ3n) is 6.62. The number of ketones is 1. The summed E-state index contributed by atoms with van der Waals surface area (Å²) in [6.07, 6.45) is 17.3. The highest BCUT2D eigenvalue weighted by Gasteiger charge is 2.72. The molecule has 0 aromatic heterocycles. The van der Waals surface area contributed by atoms with Gasteiger partial charge in [-0.3, -0.25) is 4.79 Å². The molecular weight excluding hydrogens is 420 g/mol. The van der Waals surface area contributed by atoms with Crippen LogP contribution in [0.25, 0.3) is 0 Å². The summed E-state index contributed by atoms with van der Waals surface area (Å²) in [6, 6.07) is 0. The largest absolute Gasteiger partial charge is 0.456 e. The predicted molar refractivity (Wildman–Crippen MR) is 127 cm³/mol. The lowest BCUT2D eigenvalue weighted by molar-refractivity contribution is -0.166. The Kier molecular flexibility index (Phi) is 8.27. The smallest absolute Gasteiger partial charge is 0.331 e. The molecule has 1 aliphatic carbocycles. The third kappa shape index (κ3) is 6.40. The van der Waals surface area contributed by atoms with Crippen molar-refractivity contribution in [2.24, 2.45) is 5.92 Å². The Morgan fingerprint density at radius 1 is 1.03 bits per heavy atom. The molecule has 3 fully saturated rings. The highest BCUT2D eigenvalue weighted by Crippen LogP contribution is 2.59. The van der Waals surface area contributed by atoms with Gasteiger partial charge >= 0.3 is 5.97 Å². The zero-order valence-corrected chi connectivity index (χ0v) is 20.3. The van der Waals surface area contributed by atoms with E-state index in [0.29, 0.717) is 13.0 Å². The molecule has 6 heteroatoms. The number of epoxide rings is 2. The van der Waals surface area contributed by atoms with E-state index >= 15 is 0 Å². The molecule has 0 bridgehead atoms. The average molecular weight is 457 g/mol. The molecule has 1 spiro atoms. The minimum Gasteiger partial charge on any atom is -0.456 e. The molecule has 3 rings (SSSR count). The van der Waals surface area contributed by atoms with Crippen LogP contribution in [0.5, 0.6) is 0 Å². The molecule has 6 atom stereocenters. The van der Waals surface area contributed by atoms with E-state index in [1.54, 1.807) is 43.6 Å². The normalized spacial score (nSPS) is 35.7. The topological polar surface area (TPSA) is 77.7 Å². The van der Waals surface area contributed by atoms with Crippen molar-refractivity contribution in [3.63, 3.8) is 0 Å². The highest BCUT2D eigenvalue weighted by atomic mass is 16.6. The summed E-state index contributed by atoms with van der Waals surface area (Å²) in [5, 5.41) is 0. The number of carbonyl (C=O) groups is 2. The zero-order valence-electron chi connectivity index (χ0n) is 20.3. The molecule has 1 saturated carbocycles. The van der Waals surface area contributed by atoms with Crippen LogP contribution >= 0.6 is 0 Å². The number of methoxy groups -OCH3 is 1. The van der Waals surface area contributed by atoms with Crippen molar-refractivity contribution >= 4 is 11.8 Å². The van der Waals surface area contributed by atoms with E-state index in [4.69, 9.17) is 18.9 Å². The van der Waals surface area contributed by atoms with Crippen LogP contribution in [-0.4, -0.2) is 55.0 Å². The van der Waals surface area contributed by atoms with Crippen LogP contribution in [0, 0.1) is 5.92 Å². The maximum Gasteiger partial charge on any atom is 0.331 e. The highest BCUT2D eigenvalue weighted by molar-refractivity contribution is 5.87. The fourth-order valence-electron chi connectivity index (χ4n) is 4.84. The van der Waals surface area contributed by atoms with E-state index in [9.17, 15) is 9.59 Å². The minimum absolute atomic E-state index is 0.00425. The van der Waals surface area contributed by atoms with Gasteiger partial charge in [0, 0.05) is 13.2 Å². The lowest BCUT2D eigenvalue weighted by Gasteiger charge is -2.42. The summed E-state index contributed by atoms with van der Waals surface area (Å²) in [5.74, 6) is -0.397. The molecule has 0 aromatic rings. The Morgan fingerprint density at radius 3 is 2.24 bits per heavy atom. The van der Waals surface area contributed by atoms with Crippen molar-refractivity contribution in [1.29, 1.82) is 0 Å². The Hall–Kier alpha value is -2.28. The third-order valence-corrected chi connectivity index (χ3v) is 6.62.